The number of hydrogen-bond acceptors (Lipinski definition) is 4. The first kappa shape index (κ1) is 11.7. The van der Waals surface area contributed by atoms with Crippen LogP contribution in [0.3, 0.4) is 0 Å². The molecule has 0 aliphatic heterocycles. The number of aliphatic hydroxyl groups excluding tert-OH is 1. The molecule has 1 atom stereocenters. The second kappa shape index (κ2) is 4.74. The molecule has 4 nitrogen and oxygen atoms in total. The van der Waals surface area contributed by atoms with E-state index in [-0.39, 0.29) is 5.75 Å². The molecule has 0 fully saturated rings. The molecular weight excluding hydrogens is 242 g/mol. The molecule has 0 spiro atoms. The minimum absolute atomic E-state index is 0.223. The van der Waals surface area contributed by atoms with Gasteiger partial charge in [0.1, 0.15) is 11.3 Å². The highest BCUT2D eigenvalue weighted by Crippen LogP contribution is 2.23. The lowest BCUT2D eigenvalue weighted by atomic mass is 10.0. The van der Waals surface area contributed by atoms with Gasteiger partial charge in [-0.1, -0.05) is 18.2 Å². The first-order valence-electron chi connectivity index (χ1n) is 6.01. The number of phenols is 1. The summed E-state index contributed by atoms with van der Waals surface area (Å²) in [6, 6.07) is 12.3. The lowest BCUT2D eigenvalue weighted by Gasteiger charge is -2.11. The average molecular weight is 255 g/mol. The number of aromatic hydroxyl groups is 1. The molecule has 0 radical (unpaired) electrons. The molecular formula is C15H13NO3. The number of nitrogens with zero attached hydrogens (tertiary/aromatic N) is 1. The Hall–Kier alpha value is -2.33. The summed E-state index contributed by atoms with van der Waals surface area (Å²) in [4.78, 5) is 4.04. The Kier molecular flexibility index (Phi) is 2.93. The summed E-state index contributed by atoms with van der Waals surface area (Å²) >= 11 is 0. The number of oxazole rings is 1. The Morgan fingerprint density at radius 3 is 2.68 bits per heavy atom. The van der Waals surface area contributed by atoms with Gasteiger partial charge in [0.2, 0.25) is 0 Å². The third-order valence-corrected chi connectivity index (χ3v) is 3.11. The summed E-state index contributed by atoms with van der Waals surface area (Å²) in [6.45, 7) is 0. The fraction of sp³-hybridized carbons (Fsp3) is 0.133. The van der Waals surface area contributed by atoms with E-state index in [0.29, 0.717) is 12.0 Å². The highest BCUT2D eigenvalue weighted by molar-refractivity contribution is 5.72. The predicted molar refractivity (Wildman–Crippen MR) is 70.8 cm³/mol. The van der Waals surface area contributed by atoms with E-state index in [1.807, 2.05) is 12.1 Å². The lowest BCUT2D eigenvalue weighted by molar-refractivity contribution is 0.178. The van der Waals surface area contributed by atoms with Crippen molar-refractivity contribution in [2.75, 3.05) is 0 Å². The second-order valence-electron chi connectivity index (χ2n) is 4.47. The maximum Gasteiger partial charge on any atom is 0.181 e. The zero-order valence-electron chi connectivity index (χ0n) is 10.2. The van der Waals surface area contributed by atoms with Gasteiger partial charge in [-0.15, -0.1) is 0 Å². The molecule has 0 amide bonds. The van der Waals surface area contributed by atoms with Gasteiger partial charge in [0.15, 0.2) is 12.0 Å². The minimum Gasteiger partial charge on any atom is -0.508 e. The van der Waals surface area contributed by atoms with Crippen LogP contribution in [-0.2, 0) is 6.42 Å². The van der Waals surface area contributed by atoms with E-state index in [1.165, 1.54) is 6.39 Å². The molecule has 0 aliphatic carbocycles. The van der Waals surface area contributed by atoms with Crippen molar-refractivity contribution >= 4 is 11.1 Å². The van der Waals surface area contributed by atoms with E-state index in [0.717, 1.165) is 16.6 Å². The van der Waals surface area contributed by atoms with Gasteiger partial charge >= 0.3 is 0 Å². The van der Waals surface area contributed by atoms with E-state index in [1.54, 1.807) is 30.3 Å². The van der Waals surface area contributed by atoms with Gasteiger partial charge in [-0.25, -0.2) is 4.98 Å². The van der Waals surface area contributed by atoms with Crippen molar-refractivity contribution in [3.05, 3.63) is 60.0 Å². The van der Waals surface area contributed by atoms with Crippen LogP contribution in [0.5, 0.6) is 5.75 Å². The van der Waals surface area contributed by atoms with Gasteiger partial charge < -0.3 is 14.6 Å². The van der Waals surface area contributed by atoms with Crippen LogP contribution in [0.4, 0.5) is 0 Å². The van der Waals surface area contributed by atoms with Crippen LogP contribution < -0.4 is 0 Å². The molecule has 1 heterocycles. The fourth-order valence-corrected chi connectivity index (χ4v) is 2.05. The van der Waals surface area contributed by atoms with Gasteiger partial charge in [0.05, 0.1) is 6.10 Å². The summed E-state index contributed by atoms with van der Waals surface area (Å²) in [5, 5.41) is 19.4. The number of benzene rings is 2. The summed E-state index contributed by atoms with van der Waals surface area (Å²) in [5.74, 6) is 0.223. The van der Waals surface area contributed by atoms with Crippen molar-refractivity contribution in [3.63, 3.8) is 0 Å². The topological polar surface area (TPSA) is 66.5 Å². The normalized spacial score (nSPS) is 12.7. The van der Waals surface area contributed by atoms with Crippen LogP contribution >= 0.6 is 0 Å². The molecule has 1 aromatic heterocycles. The van der Waals surface area contributed by atoms with Crippen molar-refractivity contribution in [1.29, 1.82) is 0 Å². The summed E-state index contributed by atoms with van der Waals surface area (Å²) < 4.78 is 5.22. The minimum atomic E-state index is -0.612. The molecule has 0 bridgehead atoms. The van der Waals surface area contributed by atoms with Crippen LogP contribution in [0.2, 0.25) is 0 Å². The maximum absolute atomic E-state index is 10.2. The molecule has 96 valence electrons. The molecule has 19 heavy (non-hydrogen) atoms. The van der Waals surface area contributed by atoms with Crippen molar-refractivity contribution in [2.24, 2.45) is 0 Å². The number of hydrogen-bond donors (Lipinski definition) is 2. The van der Waals surface area contributed by atoms with Gasteiger partial charge in [-0.2, -0.15) is 0 Å². The Morgan fingerprint density at radius 1 is 1.11 bits per heavy atom. The number of rotatable bonds is 3. The molecule has 3 rings (SSSR count). The van der Waals surface area contributed by atoms with E-state index >= 15 is 0 Å². The van der Waals surface area contributed by atoms with Crippen molar-refractivity contribution in [3.8, 4) is 5.75 Å². The molecule has 0 aliphatic rings. The Labute approximate surface area is 110 Å². The first-order valence-corrected chi connectivity index (χ1v) is 6.01. The smallest absolute Gasteiger partial charge is 0.181 e. The van der Waals surface area contributed by atoms with Crippen LogP contribution in [0.1, 0.15) is 17.2 Å². The van der Waals surface area contributed by atoms with Crippen molar-refractivity contribution in [1.82, 2.24) is 4.98 Å². The van der Waals surface area contributed by atoms with E-state index in [2.05, 4.69) is 4.98 Å². The first-order chi connectivity index (χ1) is 9.22. The van der Waals surface area contributed by atoms with E-state index < -0.39 is 6.10 Å². The molecule has 4 heteroatoms. The highest BCUT2D eigenvalue weighted by Gasteiger charge is 2.10. The van der Waals surface area contributed by atoms with Crippen LogP contribution in [0, 0.1) is 0 Å². The third-order valence-electron chi connectivity index (χ3n) is 3.11. The molecule has 2 aromatic carbocycles. The Balaban J connectivity index is 1.82. The van der Waals surface area contributed by atoms with E-state index in [9.17, 15) is 10.2 Å². The quantitative estimate of drug-likeness (QED) is 0.755. The van der Waals surface area contributed by atoms with E-state index in [4.69, 9.17) is 4.42 Å². The number of phenolic OH excluding ortho intramolecular Hbond substituents is 1. The van der Waals surface area contributed by atoms with Crippen LogP contribution in [-0.4, -0.2) is 15.2 Å². The van der Waals surface area contributed by atoms with Gasteiger partial charge in [-0.3, -0.25) is 0 Å². The average Bonchev–Trinajstić information content (AvgIpc) is 2.88. The number of fused-ring (bicyclic) bond motifs is 1. The van der Waals surface area contributed by atoms with Gasteiger partial charge in [-0.05, 0) is 35.4 Å². The van der Waals surface area contributed by atoms with Gasteiger partial charge in [0.25, 0.3) is 0 Å². The van der Waals surface area contributed by atoms with Crippen molar-refractivity contribution in [2.45, 2.75) is 12.5 Å². The Bertz CT molecular complexity index is 688. The molecule has 1 unspecified atom stereocenters. The molecule has 0 saturated heterocycles. The summed E-state index contributed by atoms with van der Waals surface area (Å²) in [7, 11) is 0. The predicted octanol–water partition coefficient (Wildman–Crippen LogP) is 2.81. The number of aliphatic hydroxyl groups is 1. The maximum atomic E-state index is 10.2. The standard InChI is InChI=1S/C15H13NO3/c17-12-4-1-10(2-5-12)7-14(18)11-3-6-13-15(8-11)19-9-16-13/h1-6,8-9,14,17-18H,7H2. The zero-order chi connectivity index (χ0) is 13.2. The lowest BCUT2D eigenvalue weighted by Crippen LogP contribution is -2.01. The SMILES string of the molecule is Oc1ccc(CC(O)c2ccc3ncoc3c2)cc1. The van der Waals surface area contributed by atoms with Crippen molar-refractivity contribution < 1.29 is 14.6 Å². The van der Waals surface area contributed by atoms with Gasteiger partial charge in [0, 0.05) is 6.42 Å². The highest BCUT2D eigenvalue weighted by atomic mass is 16.3. The molecule has 3 aromatic rings. The summed E-state index contributed by atoms with van der Waals surface area (Å²) in [6.07, 6.45) is 1.26. The zero-order valence-corrected chi connectivity index (χ0v) is 10.2. The monoisotopic (exact) mass is 255 g/mol. The molecule has 2 N–H and O–H groups in total. The second-order valence-corrected chi connectivity index (χ2v) is 4.47. The molecule has 0 saturated carbocycles. The van der Waals surface area contributed by atoms with Crippen LogP contribution in [0.15, 0.2) is 53.3 Å². The summed E-state index contributed by atoms with van der Waals surface area (Å²) in [5.41, 5.74) is 3.20. The number of aromatic nitrogens is 1. The Morgan fingerprint density at radius 2 is 1.89 bits per heavy atom. The third kappa shape index (κ3) is 2.44. The van der Waals surface area contributed by atoms with Crippen LogP contribution in [0.25, 0.3) is 11.1 Å². The fourth-order valence-electron chi connectivity index (χ4n) is 2.05. The largest absolute Gasteiger partial charge is 0.508 e.